The minimum Gasteiger partial charge on any atom is -0.431 e. The van der Waals surface area contributed by atoms with E-state index in [-0.39, 0.29) is 5.41 Å². The summed E-state index contributed by atoms with van der Waals surface area (Å²) in [5.41, 5.74) is 1.43. The molecule has 0 spiro atoms. The SMILES string of the molecule is CC(C)(C)c1nc(Cl)cc(Sc2nc3ccccc3o2)n1. The van der Waals surface area contributed by atoms with Gasteiger partial charge in [-0.25, -0.2) is 15.0 Å². The summed E-state index contributed by atoms with van der Waals surface area (Å²) < 4.78 is 5.69. The number of para-hydroxylation sites is 2. The molecule has 0 saturated heterocycles. The summed E-state index contributed by atoms with van der Waals surface area (Å²) in [7, 11) is 0. The smallest absolute Gasteiger partial charge is 0.263 e. The van der Waals surface area contributed by atoms with Gasteiger partial charge in [-0.15, -0.1) is 0 Å². The Morgan fingerprint density at radius 2 is 1.86 bits per heavy atom. The molecule has 0 radical (unpaired) electrons. The summed E-state index contributed by atoms with van der Waals surface area (Å²) in [5.74, 6) is 0.702. The number of hydrogen-bond acceptors (Lipinski definition) is 5. The molecule has 108 valence electrons. The number of fused-ring (bicyclic) bond motifs is 1. The molecule has 0 fully saturated rings. The second-order valence-corrected chi connectivity index (χ2v) is 7.01. The average molecular weight is 320 g/mol. The highest BCUT2D eigenvalue weighted by Gasteiger charge is 2.19. The first-order valence-corrected chi connectivity index (χ1v) is 7.70. The molecule has 0 atom stereocenters. The molecular formula is C15H14ClN3OS. The summed E-state index contributed by atoms with van der Waals surface area (Å²) >= 11 is 7.43. The molecule has 0 aliphatic carbocycles. The topological polar surface area (TPSA) is 51.8 Å². The predicted molar refractivity (Wildman–Crippen MR) is 83.9 cm³/mol. The van der Waals surface area contributed by atoms with Crippen LogP contribution in [0.4, 0.5) is 0 Å². The summed E-state index contributed by atoms with van der Waals surface area (Å²) in [6.45, 7) is 6.14. The maximum absolute atomic E-state index is 6.09. The zero-order valence-electron chi connectivity index (χ0n) is 11.9. The maximum Gasteiger partial charge on any atom is 0.263 e. The van der Waals surface area contributed by atoms with Gasteiger partial charge < -0.3 is 4.42 Å². The van der Waals surface area contributed by atoms with Crippen LogP contribution >= 0.6 is 23.4 Å². The van der Waals surface area contributed by atoms with Crippen LogP contribution in [0, 0.1) is 0 Å². The quantitative estimate of drug-likeness (QED) is 0.640. The van der Waals surface area contributed by atoms with Gasteiger partial charge in [-0.1, -0.05) is 44.5 Å². The van der Waals surface area contributed by atoms with Crippen molar-refractivity contribution < 1.29 is 4.42 Å². The molecule has 2 heterocycles. The second kappa shape index (κ2) is 5.31. The van der Waals surface area contributed by atoms with Gasteiger partial charge in [-0.05, 0) is 23.9 Å². The van der Waals surface area contributed by atoms with Crippen molar-refractivity contribution in [2.24, 2.45) is 0 Å². The summed E-state index contributed by atoms with van der Waals surface area (Å²) in [6.07, 6.45) is 0. The van der Waals surface area contributed by atoms with Gasteiger partial charge in [0, 0.05) is 11.5 Å². The van der Waals surface area contributed by atoms with Gasteiger partial charge in [0.15, 0.2) is 5.58 Å². The van der Waals surface area contributed by atoms with Crippen LogP contribution in [-0.4, -0.2) is 15.0 Å². The standard InChI is InChI=1S/C15H14ClN3OS/c1-15(2,3)13-18-11(16)8-12(19-13)21-14-17-9-6-4-5-7-10(9)20-14/h4-8H,1-3H3. The Balaban J connectivity index is 1.95. The molecule has 0 aliphatic rings. The summed E-state index contributed by atoms with van der Waals surface area (Å²) in [5, 5.41) is 1.70. The zero-order valence-corrected chi connectivity index (χ0v) is 13.5. The molecule has 2 aromatic heterocycles. The second-order valence-electron chi connectivity index (χ2n) is 5.65. The van der Waals surface area contributed by atoms with Gasteiger partial charge in [0.2, 0.25) is 0 Å². The molecule has 3 rings (SSSR count). The van der Waals surface area contributed by atoms with E-state index in [1.54, 1.807) is 6.07 Å². The van der Waals surface area contributed by atoms with Crippen molar-refractivity contribution in [3.63, 3.8) is 0 Å². The van der Waals surface area contributed by atoms with Gasteiger partial charge in [-0.3, -0.25) is 0 Å². The molecule has 4 nitrogen and oxygen atoms in total. The molecule has 1 aromatic carbocycles. The molecule has 0 unspecified atom stereocenters. The monoisotopic (exact) mass is 319 g/mol. The van der Waals surface area contributed by atoms with Crippen molar-refractivity contribution in [1.29, 1.82) is 0 Å². The molecule has 0 bridgehead atoms. The molecule has 0 aliphatic heterocycles. The third kappa shape index (κ3) is 3.19. The third-order valence-electron chi connectivity index (χ3n) is 2.81. The van der Waals surface area contributed by atoms with Crippen molar-refractivity contribution in [1.82, 2.24) is 15.0 Å². The van der Waals surface area contributed by atoms with E-state index in [2.05, 4.69) is 15.0 Å². The molecule has 6 heteroatoms. The normalized spacial score (nSPS) is 12.0. The molecule has 0 amide bonds. The first kappa shape index (κ1) is 14.4. The number of oxazole rings is 1. The van der Waals surface area contributed by atoms with Crippen LogP contribution < -0.4 is 0 Å². The average Bonchev–Trinajstić information content (AvgIpc) is 2.79. The molecule has 3 aromatic rings. The minimum atomic E-state index is -0.165. The van der Waals surface area contributed by atoms with Crippen molar-refractivity contribution >= 4 is 34.5 Å². The lowest BCUT2D eigenvalue weighted by atomic mass is 9.96. The Morgan fingerprint density at radius 1 is 1.10 bits per heavy atom. The maximum atomic E-state index is 6.09. The Bertz CT molecular complexity index is 762. The van der Waals surface area contributed by atoms with E-state index in [4.69, 9.17) is 16.0 Å². The van der Waals surface area contributed by atoms with Crippen LogP contribution in [0.25, 0.3) is 11.1 Å². The van der Waals surface area contributed by atoms with Crippen LogP contribution in [0.2, 0.25) is 5.15 Å². The number of hydrogen-bond donors (Lipinski definition) is 0. The fraction of sp³-hybridized carbons (Fsp3) is 0.267. The van der Waals surface area contributed by atoms with Crippen molar-refractivity contribution in [3.05, 3.63) is 41.3 Å². The van der Waals surface area contributed by atoms with E-state index in [9.17, 15) is 0 Å². The summed E-state index contributed by atoms with van der Waals surface area (Å²) in [4.78, 5) is 13.2. The lowest BCUT2D eigenvalue weighted by molar-refractivity contribution is 0.488. The van der Waals surface area contributed by atoms with E-state index < -0.39 is 0 Å². The first-order valence-electron chi connectivity index (χ1n) is 6.50. The van der Waals surface area contributed by atoms with E-state index in [1.165, 1.54) is 11.8 Å². The molecule has 0 N–H and O–H groups in total. The fourth-order valence-electron chi connectivity index (χ4n) is 1.77. The van der Waals surface area contributed by atoms with Crippen LogP contribution in [0.5, 0.6) is 0 Å². The van der Waals surface area contributed by atoms with E-state index in [1.807, 2.05) is 45.0 Å². The molecular weight excluding hydrogens is 306 g/mol. The zero-order chi connectivity index (χ0) is 15.0. The van der Waals surface area contributed by atoms with Gasteiger partial charge >= 0.3 is 0 Å². The molecule has 21 heavy (non-hydrogen) atoms. The Hall–Kier alpha value is -1.59. The van der Waals surface area contributed by atoms with Crippen LogP contribution in [-0.2, 0) is 5.41 Å². The number of rotatable bonds is 2. The van der Waals surface area contributed by atoms with Crippen molar-refractivity contribution in [2.75, 3.05) is 0 Å². The largest absolute Gasteiger partial charge is 0.431 e. The predicted octanol–water partition coefficient (Wildman–Crippen LogP) is 4.72. The highest BCUT2D eigenvalue weighted by atomic mass is 35.5. The van der Waals surface area contributed by atoms with Crippen molar-refractivity contribution in [3.8, 4) is 0 Å². The van der Waals surface area contributed by atoms with Gasteiger partial charge in [0.1, 0.15) is 21.5 Å². The number of aromatic nitrogens is 3. The number of nitrogens with zero attached hydrogens (tertiary/aromatic N) is 3. The van der Waals surface area contributed by atoms with Gasteiger partial charge in [-0.2, -0.15) is 0 Å². The molecule has 0 saturated carbocycles. The van der Waals surface area contributed by atoms with Crippen LogP contribution in [0.3, 0.4) is 0 Å². The minimum absolute atomic E-state index is 0.165. The Labute approximate surface area is 132 Å². The lowest BCUT2D eigenvalue weighted by Crippen LogP contribution is -2.16. The lowest BCUT2D eigenvalue weighted by Gasteiger charge is -2.16. The summed E-state index contributed by atoms with van der Waals surface area (Å²) in [6, 6.07) is 9.37. The van der Waals surface area contributed by atoms with Crippen LogP contribution in [0.15, 0.2) is 45.0 Å². The highest BCUT2D eigenvalue weighted by Crippen LogP contribution is 2.31. The van der Waals surface area contributed by atoms with E-state index >= 15 is 0 Å². The van der Waals surface area contributed by atoms with E-state index in [0.29, 0.717) is 16.2 Å². The first-order chi connectivity index (χ1) is 9.91. The highest BCUT2D eigenvalue weighted by molar-refractivity contribution is 7.99. The van der Waals surface area contributed by atoms with Crippen LogP contribution in [0.1, 0.15) is 26.6 Å². The van der Waals surface area contributed by atoms with Gasteiger partial charge in [0.05, 0.1) is 0 Å². The van der Waals surface area contributed by atoms with E-state index in [0.717, 1.165) is 16.1 Å². The Kier molecular flexibility index (Phi) is 3.63. The van der Waals surface area contributed by atoms with Gasteiger partial charge in [0.25, 0.3) is 5.22 Å². The fourth-order valence-corrected chi connectivity index (χ4v) is 2.77. The number of benzene rings is 1. The Morgan fingerprint density at radius 3 is 2.57 bits per heavy atom. The number of halogens is 1. The third-order valence-corrected chi connectivity index (χ3v) is 3.77. The van der Waals surface area contributed by atoms with Crippen molar-refractivity contribution in [2.45, 2.75) is 36.4 Å².